The number of nitrogens with one attached hydrogen (secondary N) is 1. The largest absolute Gasteiger partial charge is 0.379 e. The maximum Gasteiger partial charge on any atom is 0.280 e. The minimum Gasteiger partial charge on any atom is -0.379 e. The quantitative estimate of drug-likeness (QED) is 0.437. The predicted octanol–water partition coefficient (Wildman–Crippen LogP) is 4.56. The number of hydrogen-bond donors (Lipinski definition) is 1. The van der Waals surface area contributed by atoms with Crippen molar-refractivity contribution in [2.75, 3.05) is 31.6 Å². The fourth-order valence-corrected chi connectivity index (χ4v) is 4.03. The van der Waals surface area contributed by atoms with E-state index in [-0.39, 0.29) is 16.9 Å². The molecule has 35 heavy (non-hydrogen) atoms. The number of carbonyl (C=O) groups excluding carboxylic acids is 1. The molecule has 2 aromatic heterocycles. The summed E-state index contributed by atoms with van der Waals surface area (Å²) in [4.78, 5) is 19.8. The molecular formula is C25H22F3N5O2. The van der Waals surface area contributed by atoms with Gasteiger partial charge in [-0.05, 0) is 48.0 Å². The number of aromatic nitrogens is 3. The molecule has 10 heteroatoms. The summed E-state index contributed by atoms with van der Waals surface area (Å²) < 4.78 is 47.3. The third-order valence-corrected chi connectivity index (χ3v) is 5.80. The first-order valence-electron chi connectivity index (χ1n) is 11.1. The molecule has 0 saturated carbocycles. The molecule has 0 radical (unpaired) electrons. The highest BCUT2D eigenvalue weighted by Gasteiger charge is 2.22. The molecule has 2 aromatic carbocycles. The molecule has 0 atom stereocenters. The molecule has 0 aliphatic carbocycles. The standard InChI is InChI=1S/C25H22F3N5O2/c26-18-6-4-17(5-7-18)21-13-22(23(27)28)33-24(31-21)20(14-29-33)25(34)30-19-3-1-2-16(12-19)15-32-8-10-35-11-9-32/h1-7,12-14,23H,8-11,15H2,(H,30,34). The minimum absolute atomic E-state index is 0.0101. The van der Waals surface area contributed by atoms with Crippen LogP contribution in [0.2, 0.25) is 0 Å². The monoisotopic (exact) mass is 481 g/mol. The Labute approximate surface area is 199 Å². The van der Waals surface area contributed by atoms with E-state index in [2.05, 4.69) is 20.3 Å². The second-order valence-corrected chi connectivity index (χ2v) is 8.21. The van der Waals surface area contributed by atoms with Crippen molar-refractivity contribution < 1.29 is 22.7 Å². The highest BCUT2D eigenvalue weighted by Crippen LogP contribution is 2.27. The van der Waals surface area contributed by atoms with E-state index >= 15 is 0 Å². The SMILES string of the molecule is O=C(Nc1cccc(CN2CCOCC2)c1)c1cnn2c(C(F)F)cc(-c3ccc(F)cc3)nc12. The Balaban J connectivity index is 1.44. The molecule has 1 saturated heterocycles. The Morgan fingerprint density at radius 1 is 1.09 bits per heavy atom. The third kappa shape index (κ3) is 5.03. The van der Waals surface area contributed by atoms with E-state index in [0.717, 1.165) is 29.7 Å². The van der Waals surface area contributed by atoms with Gasteiger partial charge in [0.1, 0.15) is 17.1 Å². The number of fused-ring (bicyclic) bond motifs is 1. The number of benzene rings is 2. The number of alkyl halides is 2. The fraction of sp³-hybridized carbons (Fsp3) is 0.240. The lowest BCUT2D eigenvalue weighted by molar-refractivity contribution is 0.0342. The Morgan fingerprint density at radius 3 is 2.60 bits per heavy atom. The number of amides is 1. The van der Waals surface area contributed by atoms with E-state index < -0.39 is 23.8 Å². The maximum absolute atomic E-state index is 13.8. The molecule has 1 fully saturated rings. The van der Waals surface area contributed by atoms with Crippen LogP contribution in [0.1, 0.15) is 28.0 Å². The first kappa shape index (κ1) is 23.0. The summed E-state index contributed by atoms with van der Waals surface area (Å²) in [6.45, 7) is 3.79. The van der Waals surface area contributed by atoms with Crippen molar-refractivity contribution in [2.45, 2.75) is 13.0 Å². The molecule has 1 aliphatic heterocycles. The first-order chi connectivity index (χ1) is 17.0. The second kappa shape index (κ2) is 9.85. The lowest BCUT2D eigenvalue weighted by Gasteiger charge is -2.26. The van der Waals surface area contributed by atoms with Crippen LogP contribution in [-0.2, 0) is 11.3 Å². The highest BCUT2D eigenvalue weighted by atomic mass is 19.3. The Hall–Kier alpha value is -3.76. The Morgan fingerprint density at radius 2 is 1.86 bits per heavy atom. The smallest absolute Gasteiger partial charge is 0.280 e. The van der Waals surface area contributed by atoms with Gasteiger partial charge in [-0.1, -0.05) is 12.1 Å². The van der Waals surface area contributed by atoms with Gasteiger partial charge < -0.3 is 10.1 Å². The summed E-state index contributed by atoms with van der Waals surface area (Å²) in [7, 11) is 0. The van der Waals surface area contributed by atoms with Gasteiger partial charge in [-0.3, -0.25) is 9.69 Å². The van der Waals surface area contributed by atoms with Crippen LogP contribution in [-0.4, -0.2) is 51.7 Å². The molecule has 1 aliphatic rings. The molecule has 0 spiro atoms. The number of halogens is 3. The zero-order valence-corrected chi connectivity index (χ0v) is 18.6. The molecule has 7 nitrogen and oxygen atoms in total. The summed E-state index contributed by atoms with van der Waals surface area (Å²) in [5, 5.41) is 6.80. The van der Waals surface area contributed by atoms with Crippen LogP contribution in [0.3, 0.4) is 0 Å². The van der Waals surface area contributed by atoms with Gasteiger partial charge in [-0.2, -0.15) is 5.10 Å². The van der Waals surface area contributed by atoms with Gasteiger partial charge in [0.25, 0.3) is 12.3 Å². The topological polar surface area (TPSA) is 71.8 Å². The Kier molecular flexibility index (Phi) is 6.47. The average Bonchev–Trinajstić information content (AvgIpc) is 3.29. The number of ether oxygens (including phenoxy) is 1. The average molecular weight is 481 g/mol. The summed E-state index contributed by atoms with van der Waals surface area (Å²) in [6, 6.07) is 14.0. The van der Waals surface area contributed by atoms with Crippen LogP contribution < -0.4 is 5.32 Å². The fourth-order valence-electron chi connectivity index (χ4n) is 4.03. The normalized spacial score (nSPS) is 14.5. The van der Waals surface area contributed by atoms with Crippen molar-refractivity contribution in [1.82, 2.24) is 19.5 Å². The van der Waals surface area contributed by atoms with Crippen LogP contribution >= 0.6 is 0 Å². The van der Waals surface area contributed by atoms with Gasteiger partial charge in [0.2, 0.25) is 0 Å². The summed E-state index contributed by atoms with van der Waals surface area (Å²) in [5.74, 6) is -0.975. The molecule has 4 aromatic rings. The minimum atomic E-state index is -2.85. The molecule has 5 rings (SSSR count). The van der Waals surface area contributed by atoms with Gasteiger partial charge in [0.15, 0.2) is 5.65 Å². The van der Waals surface area contributed by atoms with E-state index in [9.17, 15) is 18.0 Å². The summed E-state index contributed by atoms with van der Waals surface area (Å²) in [6.07, 6.45) is -1.64. The van der Waals surface area contributed by atoms with Gasteiger partial charge >= 0.3 is 0 Å². The van der Waals surface area contributed by atoms with Crippen molar-refractivity contribution in [3.8, 4) is 11.3 Å². The van der Waals surface area contributed by atoms with Crippen LogP contribution in [0.15, 0.2) is 60.8 Å². The van der Waals surface area contributed by atoms with Crippen molar-refractivity contribution >= 4 is 17.2 Å². The van der Waals surface area contributed by atoms with Crippen molar-refractivity contribution in [3.63, 3.8) is 0 Å². The molecule has 180 valence electrons. The van der Waals surface area contributed by atoms with E-state index in [4.69, 9.17) is 4.74 Å². The van der Waals surface area contributed by atoms with Gasteiger partial charge in [-0.15, -0.1) is 0 Å². The van der Waals surface area contributed by atoms with Crippen molar-refractivity contribution in [1.29, 1.82) is 0 Å². The van der Waals surface area contributed by atoms with Crippen molar-refractivity contribution in [2.24, 2.45) is 0 Å². The lowest BCUT2D eigenvalue weighted by atomic mass is 10.1. The number of nitrogens with zero attached hydrogens (tertiary/aromatic N) is 4. The number of rotatable bonds is 6. The van der Waals surface area contributed by atoms with Gasteiger partial charge in [-0.25, -0.2) is 22.7 Å². The Bertz CT molecular complexity index is 1350. The second-order valence-electron chi connectivity index (χ2n) is 8.21. The van der Waals surface area contributed by atoms with Gasteiger partial charge in [0.05, 0.1) is 25.1 Å². The number of carbonyl (C=O) groups is 1. The molecule has 0 unspecified atom stereocenters. The molecule has 0 bridgehead atoms. The maximum atomic E-state index is 13.8. The molecule has 1 amide bonds. The van der Waals surface area contributed by atoms with Crippen LogP contribution in [0.4, 0.5) is 18.9 Å². The van der Waals surface area contributed by atoms with Crippen molar-refractivity contribution in [3.05, 3.63) is 83.4 Å². The van der Waals surface area contributed by atoms with Crippen LogP contribution in [0.25, 0.3) is 16.9 Å². The first-order valence-corrected chi connectivity index (χ1v) is 11.1. The highest BCUT2D eigenvalue weighted by molar-refractivity contribution is 6.08. The van der Waals surface area contributed by atoms with Crippen LogP contribution in [0, 0.1) is 5.82 Å². The van der Waals surface area contributed by atoms with E-state index in [1.807, 2.05) is 18.2 Å². The summed E-state index contributed by atoms with van der Waals surface area (Å²) >= 11 is 0. The molecule has 1 N–H and O–H groups in total. The third-order valence-electron chi connectivity index (χ3n) is 5.80. The summed E-state index contributed by atoms with van der Waals surface area (Å²) in [5.41, 5.74) is 1.86. The number of anilines is 1. The van der Waals surface area contributed by atoms with E-state index in [1.165, 1.54) is 36.5 Å². The molecule has 3 heterocycles. The van der Waals surface area contributed by atoms with E-state index in [1.54, 1.807) is 6.07 Å². The van der Waals surface area contributed by atoms with Gasteiger partial charge in [0, 0.05) is 30.9 Å². The van der Waals surface area contributed by atoms with Crippen LogP contribution in [0.5, 0.6) is 0 Å². The zero-order chi connectivity index (χ0) is 24.4. The molecular weight excluding hydrogens is 459 g/mol. The number of hydrogen-bond acceptors (Lipinski definition) is 5. The number of morpholine rings is 1. The zero-order valence-electron chi connectivity index (χ0n) is 18.6. The lowest BCUT2D eigenvalue weighted by Crippen LogP contribution is -2.35. The van der Waals surface area contributed by atoms with E-state index in [0.29, 0.717) is 24.5 Å². The predicted molar refractivity (Wildman–Crippen MR) is 124 cm³/mol.